The Labute approximate surface area is 136 Å². The van der Waals surface area contributed by atoms with Crippen LogP contribution >= 0.6 is 0 Å². The highest BCUT2D eigenvalue weighted by Crippen LogP contribution is 2.16. The number of aromatic nitrogens is 2. The number of nitrogens with one attached hydrogen (secondary N) is 1. The largest absolute Gasteiger partial charge is 0.491 e. The number of hydrogen-bond acceptors (Lipinski definition) is 6. The Hall–Kier alpha value is -2.18. The highest BCUT2D eigenvalue weighted by atomic mass is 16.5. The number of rotatable bonds is 9. The van der Waals surface area contributed by atoms with Gasteiger partial charge < -0.3 is 19.9 Å². The maximum Gasteiger partial charge on any atom is 0.232 e. The van der Waals surface area contributed by atoms with Crippen molar-refractivity contribution in [1.82, 2.24) is 15.3 Å². The SMILES string of the molecule is Cc1cnc(OCCNCC(O)COc2ccccc2C)cn1. The van der Waals surface area contributed by atoms with Crippen LogP contribution < -0.4 is 14.8 Å². The summed E-state index contributed by atoms with van der Waals surface area (Å²) >= 11 is 0. The molecular weight excluding hydrogens is 294 g/mol. The molecule has 6 heteroatoms. The number of benzene rings is 1. The van der Waals surface area contributed by atoms with Gasteiger partial charge in [0, 0.05) is 13.1 Å². The molecule has 0 spiro atoms. The fourth-order valence-corrected chi connectivity index (χ4v) is 1.91. The van der Waals surface area contributed by atoms with E-state index in [1.165, 1.54) is 0 Å². The van der Waals surface area contributed by atoms with E-state index >= 15 is 0 Å². The molecule has 0 saturated heterocycles. The first-order chi connectivity index (χ1) is 11.1. The third-order valence-corrected chi connectivity index (χ3v) is 3.19. The van der Waals surface area contributed by atoms with E-state index in [9.17, 15) is 5.11 Å². The van der Waals surface area contributed by atoms with Crippen molar-refractivity contribution in [2.24, 2.45) is 0 Å². The van der Waals surface area contributed by atoms with Crippen molar-refractivity contribution in [3.8, 4) is 11.6 Å². The van der Waals surface area contributed by atoms with E-state index in [2.05, 4.69) is 15.3 Å². The van der Waals surface area contributed by atoms with Crippen molar-refractivity contribution >= 4 is 0 Å². The van der Waals surface area contributed by atoms with Crippen LogP contribution in [-0.4, -0.2) is 47.5 Å². The molecule has 1 heterocycles. The fourth-order valence-electron chi connectivity index (χ4n) is 1.91. The number of aliphatic hydroxyl groups excluding tert-OH is 1. The predicted octanol–water partition coefficient (Wildman–Crippen LogP) is 1.50. The maximum absolute atomic E-state index is 9.90. The van der Waals surface area contributed by atoms with E-state index in [0.717, 1.165) is 17.0 Å². The lowest BCUT2D eigenvalue weighted by Crippen LogP contribution is -2.33. The van der Waals surface area contributed by atoms with Crippen molar-refractivity contribution in [2.75, 3.05) is 26.3 Å². The van der Waals surface area contributed by atoms with Crippen molar-refractivity contribution in [2.45, 2.75) is 20.0 Å². The van der Waals surface area contributed by atoms with Crippen LogP contribution in [0.4, 0.5) is 0 Å². The number of nitrogens with zero attached hydrogens (tertiary/aromatic N) is 2. The molecule has 0 aliphatic heterocycles. The molecule has 0 radical (unpaired) electrons. The van der Waals surface area contributed by atoms with Gasteiger partial charge in [0.05, 0.1) is 18.1 Å². The van der Waals surface area contributed by atoms with Crippen molar-refractivity contribution in [3.05, 3.63) is 47.9 Å². The quantitative estimate of drug-likeness (QED) is 0.683. The highest BCUT2D eigenvalue weighted by molar-refractivity contribution is 5.31. The molecule has 0 amide bonds. The first-order valence-electron chi connectivity index (χ1n) is 7.64. The zero-order valence-corrected chi connectivity index (χ0v) is 13.5. The van der Waals surface area contributed by atoms with Crippen molar-refractivity contribution < 1.29 is 14.6 Å². The Balaban J connectivity index is 1.57. The van der Waals surface area contributed by atoms with Crippen LogP contribution in [0, 0.1) is 13.8 Å². The average Bonchev–Trinajstić information content (AvgIpc) is 2.55. The third kappa shape index (κ3) is 6.22. The Morgan fingerprint density at radius 1 is 1.13 bits per heavy atom. The lowest BCUT2D eigenvalue weighted by Gasteiger charge is -2.14. The number of hydrogen-bond donors (Lipinski definition) is 2. The molecule has 0 fully saturated rings. The second-order valence-corrected chi connectivity index (χ2v) is 5.28. The Morgan fingerprint density at radius 3 is 2.70 bits per heavy atom. The van der Waals surface area contributed by atoms with Gasteiger partial charge in [0.2, 0.25) is 5.88 Å². The molecule has 6 nitrogen and oxygen atoms in total. The molecule has 124 valence electrons. The van der Waals surface area contributed by atoms with Crippen LogP contribution in [-0.2, 0) is 0 Å². The first kappa shape index (κ1) is 17.2. The molecule has 23 heavy (non-hydrogen) atoms. The molecule has 0 saturated carbocycles. The van der Waals surface area contributed by atoms with E-state index < -0.39 is 6.10 Å². The molecule has 1 atom stereocenters. The molecule has 2 aromatic rings. The van der Waals surface area contributed by atoms with Crippen LogP contribution in [0.1, 0.15) is 11.3 Å². The summed E-state index contributed by atoms with van der Waals surface area (Å²) in [7, 11) is 0. The third-order valence-electron chi connectivity index (χ3n) is 3.19. The molecule has 1 unspecified atom stereocenters. The first-order valence-corrected chi connectivity index (χ1v) is 7.64. The van der Waals surface area contributed by atoms with Crippen LogP contribution in [0.2, 0.25) is 0 Å². The van der Waals surface area contributed by atoms with Crippen LogP contribution in [0.25, 0.3) is 0 Å². The van der Waals surface area contributed by atoms with E-state index in [0.29, 0.717) is 25.6 Å². The summed E-state index contributed by atoms with van der Waals surface area (Å²) < 4.78 is 11.0. The van der Waals surface area contributed by atoms with Gasteiger partial charge in [-0.3, -0.25) is 4.98 Å². The van der Waals surface area contributed by atoms with Crippen LogP contribution in [0.15, 0.2) is 36.7 Å². The smallest absolute Gasteiger partial charge is 0.232 e. The molecule has 1 aromatic carbocycles. The molecule has 0 bridgehead atoms. The molecule has 0 aliphatic rings. The maximum atomic E-state index is 9.90. The number of aryl methyl sites for hydroxylation is 2. The van der Waals surface area contributed by atoms with Gasteiger partial charge in [0.15, 0.2) is 0 Å². The summed E-state index contributed by atoms with van der Waals surface area (Å²) in [6, 6.07) is 7.74. The van der Waals surface area contributed by atoms with Crippen LogP contribution in [0.3, 0.4) is 0 Å². The average molecular weight is 317 g/mol. The topological polar surface area (TPSA) is 76.5 Å². The van der Waals surface area contributed by atoms with Gasteiger partial charge in [-0.05, 0) is 25.5 Å². The normalized spacial score (nSPS) is 12.0. The van der Waals surface area contributed by atoms with Crippen molar-refractivity contribution in [3.63, 3.8) is 0 Å². The second-order valence-electron chi connectivity index (χ2n) is 5.28. The Bertz CT molecular complexity index is 590. The molecular formula is C17H23N3O3. The van der Waals surface area contributed by atoms with Gasteiger partial charge in [0.25, 0.3) is 0 Å². The van der Waals surface area contributed by atoms with E-state index in [-0.39, 0.29) is 6.61 Å². The van der Waals surface area contributed by atoms with Gasteiger partial charge in [-0.2, -0.15) is 0 Å². The fraction of sp³-hybridized carbons (Fsp3) is 0.412. The lowest BCUT2D eigenvalue weighted by atomic mass is 10.2. The van der Waals surface area contributed by atoms with Gasteiger partial charge >= 0.3 is 0 Å². The molecule has 2 N–H and O–H groups in total. The van der Waals surface area contributed by atoms with E-state index in [4.69, 9.17) is 9.47 Å². The zero-order valence-electron chi connectivity index (χ0n) is 13.5. The second kappa shape index (κ2) is 9.07. The Morgan fingerprint density at radius 2 is 1.96 bits per heavy atom. The summed E-state index contributed by atoms with van der Waals surface area (Å²) in [4.78, 5) is 8.20. The number of para-hydroxylation sites is 1. The predicted molar refractivity (Wildman–Crippen MR) is 87.8 cm³/mol. The summed E-state index contributed by atoms with van der Waals surface area (Å²) in [5.41, 5.74) is 1.91. The molecule has 0 aliphatic carbocycles. The highest BCUT2D eigenvalue weighted by Gasteiger charge is 2.06. The minimum absolute atomic E-state index is 0.252. The van der Waals surface area contributed by atoms with Gasteiger partial charge in [-0.25, -0.2) is 4.98 Å². The summed E-state index contributed by atoms with van der Waals surface area (Å²) in [5.74, 6) is 1.30. The Kier molecular flexibility index (Phi) is 6.77. The molecule has 1 aromatic heterocycles. The van der Waals surface area contributed by atoms with E-state index in [1.807, 2.05) is 38.1 Å². The number of ether oxygens (including phenoxy) is 2. The zero-order chi connectivity index (χ0) is 16.5. The van der Waals surface area contributed by atoms with Gasteiger partial charge in [-0.15, -0.1) is 0 Å². The van der Waals surface area contributed by atoms with Crippen molar-refractivity contribution in [1.29, 1.82) is 0 Å². The summed E-state index contributed by atoms with van der Waals surface area (Å²) in [6.45, 7) is 5.61. The minimum atomic E-state index is -0.575. The standard InChI is InChI=1S/C17H23N3O3/c1-13-5-3-4-6-16(13)23-12-15(21)10-18-7-8-22-17-11-19-14(2)9-20-17/h3-6,9,11,15,18,21H,7-8,10,12H2,1-2H3. The van der Waals surface area contributed by atoms with E-state index in [1.54, 1.807) is 12.4 Å². The lowest BCUT2D eigenvalue weighted by molar-refractivity contribution is 0.105. The summed E-state index contributed by atoms with van der Waals surface area (Å²) in [5, 5.41) is 13.0. The molecule has 2 rings (SSSR count). The number of aliphatic hydroxyl groups is 1. The summed E-state index contributed by atoms with van der Waals surface area (Å²) in [6.07, 6.45) is 2.68. The van der Waals surface area contributed by atoms with Crippen LogP contribution in [0.5, 0.6) is 11.6 Å². The monoisotopic (exact) mass is 317 g/mol. The van der Waals surface area contributed by atoms with Gasteiger partial charge in [0.1, 0.15) is 25.1 Å². The van der Waals surface area contributed by atoms with Gasteiger partial charge in [-0.1, -0.05) is 18.2 Å². The minimum Gasteiger partial charge on any atom is -0.491 e.